The van der Waals surface area contributed by atoms with E-state index in [1.807, 2.05) is 36.4 Å². The standard InChI is InChI=1S/C23H21F3N4O2/c24-23(25,26)32-19-10-8-18(9-11-19)29-22(31)17-7-4-12-30(14-17)21-13-20(27-15-28-21)16-5-2-1-3-6-16/h1-3,5-6,8-11,13,15,17H,4,7,12,14H2,(H,29,31). The molecule has 1 amide bonds. The quantitative estimate of drug-likeness (QED) is 0.609. The first-order valence-electron chi connectivity index (χ1n) is 10.2. The van der Waals surface area contributed by atoms with E-state index in [1.54, 1.807) is 0 Å². The number of nitrogens with zero attached hydrogens (tertiary/aromatic N) is 3. The van der Waals surface area contributed by atoms with E-state index in [0.29, 0.717) is 18.7 Å². The number of aromatic nitrogens is 2. The van der Waals surface area contributed by atoms with Crippen molar-refractivity contribution in [2.45, 2.75) is 19.2 Å². The average molecular weight is 442 g/mol. The van der Waals surface area contributed by atoms with Crippen molar-refractivity contribution in [3.05, 3.63) is 67.0 Å². The molecule has 1 aliphatic heterocycles. The number of hydrogen-bond donors (Lipinski definition) is 1. The molecule has 0 spiro atoms. The van der Waals surface area contributed by atoms with Crippen molar-refractivity contribution in [3.63, 3.8) is 0 Å². The molecule has 1 atom stereocenters. The number of halogens is 3. The molecule has 2 heterocycles. The van der Waals surface area contributed by atoms with E-state index in [1.165, 1.54) is 30.6 Å². The number of amides is 1. The lowest BCUT2D eigenvalue weighted by atomic mass is 9.97. The van der Waals surface area contributed by atoms with Gasteiger partial charge in [-0.25, -0.2) is 9.97 Å². The number of alkyl halides is 3. The molecule has 1 aliphatic rings. The number of ether oxygens (including phenoxy) is 1. The Morgan fingerprint density at radius 3 is 2.53 bits per heavy atom. The van der Waals surface area contributed by atoms with Crippen LogP contribution in [0.25, 0.3) is 11.3 Å². The van der Waals surface area contributed by atoms with Crippen LogP contribution in [0.1, 0.15) is 12.8 Å². The van der Waals surface area contributed by atoms with E-state index in [4.69, 9.17) is 0 Å². The smallest absolute Gasteiger partial charge is 0.406 e. The zero-order valence-electron chi connectivity index (χ0n) is 17.0. The van der Waals surface area contributed by atoms with Gasteiger partial charge in [-0.1, -0.05) is 30.3 Å². The van der Waals surface area contributed by atoms with Crippen molar-refractivity contribution in [3.8, 4) is 17.0 Å². The van der Waals surface area contributed by atoms with Gasteiger partial charge >= 0.3 is 6.36 Å². The zero-order valence-corrected chi connectivity index (χ0v) is 17.0. The molecule has 1 N–H and O–H groups in total. The molecule has 6 nitrogen and oxygen atoms in total. The highest BCUT2D eigenvalue weighted by molar-refractivity contribution is 5.93. The van der Waals surface area contributed by atoms with Crippen molar-refractivity contribution >= 4 is 17.4 Å². The van der Waals surface area contributed by atoms with Crippen LogP contribution in [-0.2, 0) is 4.79 Å². The minimum atomic E-state index is -4.75. The Morgan fingerprint density at radius 1 is 1.06 bits per heavy atom. The predicted molar refractivity (Wildman–Crippen MR) is 114 cm³/mol. The van der Waals surface area contributed by atoms with Crippen molar-refractivity contribution in [1.29, 1.82) is 0 Å². The molecule has 4 rings (SSSR count). The topological polar surface area (TPSA) is 67.3 Å². The summed E-state index contributed by atoms with van der Waals surface area (Å²) < 4.78 is 40.7. The lowest BCUT2D eigenvalue weighted by Crippen LogP contribution is -2.41. The summed E-state index contributed by atoms with van der Waals surface area (Å²) in [5.74, 6) is -0.0381. The van der Waals surface area contributed by atoms with E-state index < -0.39 is 6.36 Å². The Bertz CT molecular complexity index is 1060. The Labute approximate surface area is 183 Å². The third-order valence-corrected chi connectivity index (χ3v) is 5.19. The number of carbonyl (C=O) groups excluding carboxylic acids is 1. The molecule has 166 valence electrons. The van der Waals surface area contributed by atoms with Gasteiger partial charge in [-0.2, -0.15) is 0 Å². The number of piperidine rings is 1. The third-order valence-electron chi connectivity index (χ3n) is 5.19. The van der Waals surface area contributed by atoms with Gasteiger partial charge in [-0.3, -0.25) is 4.79 Å². The fraction of sp³-hybridized carbons (Fsp3) is 0.261. The van der Waals surface area contributed by atoms with Gasteiger partial charge in [0.15, 0.2) is 0 Å². The molecular formula is C23H21F3N4O2. The summed E-state index contributed by atoms with van der Waals surface area (Å²) in [5, 5.41) is 2.78. The van der Waals surface area contributed by atoms with E-state index in [2.05, 4.69) is 24.9 Å². The highest BCUT2D eigenvalue weighted by Gasteiger charge is 2.31. The molecule has 1 fully saturated rings. The second-order valence-electron chi connectivity index (χ2n) is 7.47. The van der Waals surface area contributed by atoms with Crippen molar-refractivity contribution in [2.24, 2.45) is 5.92 Å². The lowest BCUT2D eigenvalue weighted by molar-refractivity contribution is -0.274. The molecular weight excluding hydrogens is 421 g/mol. The minimum Gasteiger partial charge on any atom is -0.406 e. The predicted octanol–water partition coefficient (Wildman–Crippen LogP) is 4.90. The van der Waals surface area contributed by atoms with E-state index >= 15 is 0 Å². The molecule has 1 aromatic heterocycles. The normalized spacial score (nSPS) is 16.5. The fourth-order valence-corrected chi connectivity index (χ4v) is 3.67. The number of carbonyl (C=O) groups is 1. The second-order valence-corrected chi connectivity index (χ2v) is 7.47. The first kappa shape index (κ1) is 21.6. The molecule has 1 unspecified atom stereocenters. The number of anilines is 2. The highest BCUT2D eigenvalue weighted by Crippen LogP contribution is 2.27. The summed E-state index contributed by atoms with van der Waals surface area (Å²) in [6.45, 7) is 1.27. The summed E-state index contributed by atoms with van der Waals surface area (Å²) >= 11 is 0. The van der Waals surface area contributed by atoms with Crippen LogP contribution in [0.15, 0.2) is 67.0 Å². The van der Waals surface area contributed by atoms with Crippen molar-refractivity contribution in [1.82, 2.24) is 9.97 Å². The van der Waals surface area contributed by atoms with Crippen LogP contribution in [-0.4, -0.2) is 35.3 Å². The highest BCUT2D eigenvalue weighted by atomic mass is 19.4. The maximum absolute atomic E-state index is 12.8. The first-order chi connectivity index (χ1) is 15.4. The summed E-state index contributed by atoms with van der Waals surface area (Å²) in [7, 11) is 0. The van der Waals surface area contributed by atoms with Crippen LogP contribution in [0, 0.1) is 5.92 Å². The Balaban J connectivity index is 1.40. The molecule has 0 saturated carbocycles. The average Bonchev–Trinajstić information content (AvgIpc) is 2.80. The number of rotatable bonds is 5. The molecule has 1 saturated heterocycles. The van der Waals surface area contributed by atoms with Crippen LogP contribution in [0.2, 0.25) is 0 Å². The van der Waals surface area contributed by atoms with Crippen LogP contribution < -0.4 is 15.0 Å². The van der Waals surface area contributed by atoms with E-state index in [0.717, 1.165) is 30.0 Å². The minimum absolute atomic E-state index is 0.184. The maximum Gasteiger partial charge on any atom is 0.573 e. The second kappa shape index (κ2) is 9.25. The van der Waals surface area contributed by atoms with Gasteiger partial charge in [-0.15, -0.1) is 13.2 Å². The van der Waals surface area contributed by atoms with Gasteiger partial charge in [0.05, 0.1) is 11.6 Å². The Morgan fingerprint density at radius 2 is 1.81 bits per heavy atom. The van der Waals surface area contributed by atoms with Gasteiger partial charge in [0.25, 0.3) is 0 Å². The van der Waals surface area contributed by atoms with E-state index in [9.17, 15) is 18.0 Å². The van der Waals surface area contributed by atoms with Crippen molar-refractivity contribution < 1.29 is 22.7 Å². The van der Waals surface area contributed by atoms with Crippen molar-refractivity contribution in [2.75, 3.05) is 23.3 Å². The number of benzene rings is 2. The number of hydrogen-bond acceptors (Lipinski definition) is 5. The molecule has 2 aromatic carbocycles. The van der Waals surface area contributed by atoms with Crippen LogP contribution in [0.4, 0.5) is 24.7 Å². The van der Waals surface area contributed by atoms with Gasteiger partial charge in [0, 0.05) is 30.4 Å². The third kappa shape index (κ3) is 5.54. The first-order valence-corrected chi connectivity index (χ1v) is 10.2. The van der Waals surface area contributed by atoms with E-state index in [-0.39, 0.29) is 17.6 Å². The molecule has 32 heavy (non-hydrogen) atoms. The molecule has 9 heteroatoms. The zero-order chi connectivity index (χ0) is 22.6. The van der Waals surface area contributed by atoms with Gasteiger partial charge in [0.2, 0.25) is 5.91 Å². The summed E-state index contributed by atoms with van der Waals surface area (Å²) in [4.78, 5) is 23.6. The SMILES string of the molecule is O=C(Nc1ccc(OC(F)(F)F)cc1)C1CCCN(c2cc(-c3ccccc3)ncn2)C1. The largest absolute Gasteiger partial charge is 0.573 e. The van der Waals surface area contributed by atoms with Crippen LogP contribution in [0.3, 0.4) is 0 Å². The number of nitrogens with one attached hydrogen (secondary N) is 1. The summed E-state index contributed by atoms with van der Waals surface area (Å²) in [6.07, 6.45) is -1.70. The van der Waals surface area contributed by atoms with Gasteiger partial charge < -0.3 is 15.0 Å². The Hall–Kier alpha value is -3.62. The van der Waals surface area contributed by atoms with Gasteiger partial charge in [0.1, 0.15) is 17.9 Å². The monoisotopic (exact) mass is 442 g/mol. The summed E-state index contributed by atoms with van der Waals surface area (Å²) in [6, 6.07) is 16.8. The fourth-order valence-electron chi connectivity index (χ4n) is 3.67. The van der Waals surface area contributed by atoms with Crippen LogP contribution in [0.5, 0.6) is 5.75 Å². The Kier molecular flexibility index (Phi) is 6.25. The summed E-state index contributed by atoms with van der Waals surface area (Å²) in [5.41, 5.74) is 2.21. The molecule has 3 aromatic rings. The maximum atomic E-state index is 12.8. The van der Waals surface area contributed by atoms with Gasteiger partial charge in [-0.05, 0) is 37.1 Å². The van der Waals surface area contributed by atoms with Crippen LogP contribution >= 0.6 is 0 Å². The molecule has 0 radical (unpaired) electrons. The lowest BCUT2D eigenvalue weighted by Gasteiger charge is -2.33. The molecule has 0 aliphatic carbocycles. The molecule has 0 bridgehead atoms.